The van der Waals surface area contributed by atoms with E-state index in [2.05, 4.69) is 23.0 Å². The van der Waals surface area contributed by atoms with Crippen LogP contribution in [0.25, 0.3) is 26.7 Å². The maximum absolute atomic E-state index is 13.5. The summed E-state index contributed by atoms with van der Waals surface area (Å²) < 4.78 is 29.3. The number of aromatic nitrogens is 2. The normalized spacial score (nSPS) is 16.0. The third-order valence-electron chi connectivity index (χ3n) is 5.30. The molecular weight excluding hydrogens is 390 g/mol. The van der Waals surface area contributed by atoms with E-state index in [9.17, 15) is 8.42 Å². The van der Waals surface area contributed by atoms with Crippen molar-refractivity contribution in [3.05, 3.63) is 65.8 Å². The van der Waals surface area contributed by atoms with Crippen molar-refractivity contribution >= 4 is 48.1 Å². The summed E-state index contributed by atoms with van der Waals surface area (Å²) in [7, 11) is -1.61. The standard InChI is InChI=1S/C21H19N3O2S2/c1-23-10-8-15(9-11-23)18-13-24(20-5-3-2-4-17(18)20)28(25,26)16-6-7-19-21(12-16)27-14-22-19/h2-8,12-14H,9-11H2,1H3. The van der Waals surface area contributed by atoms with Crippen molar-refractivity contribution in [3.63, 3.8) is 0 Å². The molecule has 2 aromatic heterocycles. The third kappa shape index (κ3) is 2.78. The summed E-state index contributed by atoms with van der Waals surface area (Å²) in [5, 5.41) is 0.973. The number of fused-ring (bicyclic) bond motifs is 2. The van der Waals surface area contributed by atoms with Crippen molar-refractivity contribution in [2.75, 3.05) is 20.1 Å². The predicted molar refractivity (Wildman–Crippen MR) is 114 cm³/mol. The lowest BCUT2D eigenvalue weighted by Gasteiger charge is -2.21. The van der Waals surface area contributed by atoms with Crippen molar-refractivity contribution in [2.45, 2.75) is 11.3 Å². The first-order chi connectivity index (χ1) is 13.5. The Morgan fingerprint density at radius 2 is 2.00 bits per heavy atom. The van der Waals surface area contributed by atoms with Crippen LogP contribution in [-0.4, -0.2) is 42.4 Å². The monoisotopic (exact) mass is 409 g/mol. The Morgan fingerprint density at radius 3 is 2.82 bits per heavy atom. The molecule has 0 radical (unpaired) electrons. The molecular formula is C21H19N3O2S2. The van der Waals surface area contributed by atoms with Crippen LogP contribution in [0.2, 0.25) is 0 Å². The Balaban J connectivity index is 1.70. The minimum atomic E-state index is -3.71. The largest absolute Gasteiger partial charge is 0.302 e. The van der Waals surface area contributed by atoms with E-state index in [4.69, 9.17) is 0 Å². The van der Waals surface area contributed by atoms with Gasteiger partial charge >= 0.3 is 0 Å². The van der Waals surface area contributed by atoms with E-state index >= 15 is 0 Å². The maximum Gasteiger partial charge on any atom is 0.268 e. The number of hydrogen-bond acceptors (Lipinski definition) is 5. The van der Waals surface area contributed by atoms with Crippen molar-refractivity contribution in [3.8, 4) is 0 Å². The Hall–Kier alpha value is -2.48. The Kier molecular flexibility index (Phi) is 4.12. The van der Waals surface area contributed by atoms with Crippen LogP contribution in [0.4, 0.5) is 0 Å². The van der Waals surface area contributed by atoms with Gasteiger partial charge in [-0.3, -0.25) is 0 Å². The highest BCUT2D eigenvalue weighted by atomic mass is 32.2. The zero-order valence-electron chi connectivity index (χ0n) is 15.4. The molecule has 0 unspecified atom stereocenters. The van der Waals surface area contributed by atoms with Gasteiger partial charge < -0.3 is 4.90 Å². The fourth-order valence-electron chi connectivity index (χ4n) is 3.73. The fourth-order valence-corrected chi connectivity index (χ4v) is 5.92. The quantitative estimate of drug-likeness (QED) is 0.509. The van der Waals surface area contributed by atoms with E-state index in [-0.39, 0.29) is 4.90 Å². The Bertz CT molecular complexity index is 1330. The fraction of sp³-hybridized carbons (Fsp3) is 0.190. The lowest BCUT2D eigenvalue weighted by atomic mass is 9.99. The first kappa shape index (κ1) is 17.6. The lowest BCUT2D eigenvalue weighted by Crippen LogP contribution is -2.23. The predicted octanol–water partition coefficient (Wildman–Crippen LogP) is 4.21. The topological polar surface area (TPSA) is 55.2 Å². The van der Waals surface area contributed by atoms with Crippen LogP contribution in [0.1, 0.15) is 12.0 Å². The second kappa shape index (κ2) is 6.55. The Morgan fingerprint density at radius 1 is 1.14 bits per heavy atom. The number of nitrogens with zero attached hydrogens (tertiary/aromatic N) is 3. The number of likely N-dealkylation sites (N-methyl/N-ethyl adjacent to an activating group) is 1. The Labute approximate surface area is 167 Å². The van der Waals surface area contributed by atoms with Crippen molar-refractivity contribution in [2.24, 2.45) is 0 Å². The number of rotatable bonds is 3. The molecule has 0 N–H and O–H groups in total. The van der Waals surface area contributed by atoms with Crippen LogP contribution in [0.3, 0.4) is 0 Å². The minimum absolute atomic E-state index is 0.286. The van der Waals surface area contributed by atoms with Crippen LogP contribution < -0.4 is 0 Å². The van der Waals surface area contributed by atoms with Gasteiger partial charge in [0.05, 0.1) is 26.1 Å². The number of benzene rings is 2. The highest BCUT2D eigenvalue weighted by Gasteiger charge is 2.23. The molecule has 5 rings (SSSR count). The molecule has 0 atom stereocenters. The van der Waals surface area contributed by atoms with Gasteiger partial charge in [-0.2, -0.15) is 0 Å². The first-order valence-corrected chi connectivity index (χ1v) is 11.4. The van der Waals surface area contributed by atoms with Crippen LogP contribution in [0.5, 0.6) is 0 Å². The second-order valence-electron chi connectivity index (χ2n) is 7.08. The molecule has 2 aromatic carbocycles. The molecule has 5 nitrogen and oxygen atoms in total. The van der Waals surface area contributed by atoms with E-state index in [0.717, 1.165) is 40.7 Å². The number of thiazole rings is 1. The molecule has 28 heavy (non-hydrogen) atoms. The highest BCUT2D eigenvalue weighted by molar-refractivity contribution is 7.90. The summed E-state index contributed by atoms with van der Waals surface area (Å²) in [5.41, 5.74) is 5.48. The molecule has 0 bridgehead atoms. The summed E-state index contributed by atoms with van der Waals surface area (Å²) in [6.07, 6.45) is 4.90. The van der Waals surface area contributed by atoms with Gasteiger partial charge in [-0.25, -0.2) is 17.4 Å². The van der Waals surface area contributed by atoms with Gasteiger partial charge in [-0.15, -0.1) is 11.3 Å². The molecule has 0 spiro atoms. The van der Waals surface area contributed by atoms with Gasteiger partial charge in [-0.05, 0) is 43.3 Å². The zero-order valence-corrected chi connectivity index (χ0v) is 17.0. The summed E-state index contributed by atoms with van der Waals surface area (Å²) in [5.74, 6) is 0. The lowest BCUT2D eigenvalue weighted by molar-refractivity contribution is 0.370. The summed E-state index contributed by atoms with van der Waals surface area (Å²) in [4.78, 5) is 6.78. The molecule has 1 aliphatic heterocycles. The summed E-state index contributed by atoms with van der Waals surface area (Å²) in [6, 6.07) is 12.8. The van der Waals surface area contributed by atoms with E-state index in [1.807, 2.05) is 24.3 Å². The average molecular weight is 410 g/mol. The zero-order chi connectivity index (χ0) is 19.3. The molecule has 7 heteroatoms. The van der Waals surface area contributed by atoms with Crippen LogP contribution in [-0.2, 0) is 10.0 Å². The van der Waals surface area contributed by atoms with E-state index in [1.165, 1.54) is 20.9 Å². The third-order valence-corrected chi connectivity index (χ3v) is 7.76. The summed E-state index contributed by atoms with van der Waals surface area (Å²) >= 11 is 1.45. The SMILES string of the molecule is CN1CC=C(c2cn(S(=O)(=O)c3ccc4ncsc4c3)c3ccccc23)CC1. The molecule has 1 aliphatic rings. The smallest absolute Gasteiger partial charge is 0.268 e. The van der Waals surface area contributed by atoms with E-state index in [1.54, 1.807) is 29.9 Å². The molecule has 0 aliphatic carbocycles. The van der Waals surface area contributed by atoms with E-state index in [0.29, 0.717) is 5.52 Å². The van der Waals surface area contributed by atoms with Crippen molar-refractivity contribution < 1.29 is 8.42 Å². The molecule has 0 saturated heterocycles. The van der Waals surface area contributed by atoms with Gasteiger partial charge in [0.25, 0.3) is 10.0 Å². The minimum Gasteiger partial charge on any atom is -0.302 e. The first-order valence-electron chi connectivity index (χ1n) is 9.11. The van der Waals surface area contributed by atoms with Gasteiger partial charge in [-0.1, -0.05) is 24.3 Å². The molecule has 0 amide bonds. The second-order valence-corrected chi connectivity index (χ2v) is 9.79. The molecule has 142 valence electrons. The van der Waals surface area contributed by atoms with Crippen molar-refractivity contribution in [1.29, 1.82) is 0 Å². The van der Waals surface area contributed by atoms with Crippen LogP contribution in [0.15, 0.2) is 65.1 Å². The molecule has 0 saturated carbocycles. The van der Waals surface area contributed by atoms with E-state index < -0.39 is 10.0 Å². The molecule has 0 fully saturated rings. The molecule has 4 aromatic rings. The summed E-state index contributed by atoms with van der Waals surface area (Å²) in [6.45, 7) is 1.85. The van der Waals surface area contributed by atoms with Crippen LogP contribution >= 0.6 is 11.3 Å². The van der Waals surface area contributed by atoms with Crippen molar-refractivity contribution in [1.82, 2.24) is 13.9 Å². The average Bonchev–Trinajstić information content (AvgIpc) is 3.33. The van der Waals surface area contributed by atoms with Gasteiger partial charge in [0.15, 0.2) is 0 Å². The molecule has 3 heterocycles. The van der Waals surface area contributed by atoms with Gasteiger partial charge in [0.2, 0.25) is 0 Å². The van der Waals surface area contributed by atoms with Gasteiger partial charge in [0, 0.05) is 30.2 Å². The van der Waals surface area contributed by atoms with Crippen LogP contribution in [0, 0.1) is 0 Å². The van der Waals surface area contributed by atoms with Gasteiger partial charge in [0.1, 0.15) is 0 Å². The maximum atomic E-state index is 13.5. The highest BCUT2D eigenvalue weighted by Crippen LogP contribution is 2.33. The number of hydrogen-bond donors (Lipinski definition) is 0. The number of para-hydroxylation sites is 1.